The van der Waals surface area contributed by atoms with Crippen molar-refractivity contribution in [2.24, 2.45) is 0 Å². The number of halogens is 1. The lowest BCUT2D eigenvalue weighted by Crippen LogP contribution is -2.24. The molecule has 110 valence electrons. The van der Waals surface area contributed by atoms with Crippen molar-refractivity contribution in [2.75, 3.05) is 6.61 Å². The zero-order chi connectivity index (χ0) is 15.1. The molecule has 0 aliphatic rings. The van der Waals surface area contributed by atoms with Gasteiger partial charge in [0.15, 0.2) is 0 Å². The predicted octanol–water partition coefficient (Wildman–Crippen LogP) is 3.71. The van der Waals surface area contributed by atoms with Gasteiger partial charge in [-0.1, -0.05) is 46.3 Å². The fourth-order valence-corrected chi connectivity index (χ4v) is 2.14. The maximum atomic E-state index is 12.0. The molecule has 4 nitrogen and oxygen atoms in total. The van der Waals surface area contributed by atoms with E-state index in [2.05, 4.69) is 21.4 Å². The first kappa shape index (κ1) is 15.5. The summed E-state index contributed by atoms with van der Waals surface area (Å²) in [7, 11) is 0. The molecule has 21 heavy (non-hydrogen) atoms. The first-order valence-corrected chi connectivity index (χ1v) is 7.39. The number of hydrogen-bond donors (Lipinski definition) is 1. The van der Waals surface area contributed by atoms with Crippen LogP contribution in [0.25, 0.3) is 0 Å². The van der Waals surface area contributed by atoms with Gasteiger partial charge < -0.3 is 4.74 Å². The highest BCUT2D eigenvalue weighted by molar-refractivity contribution is 9.10. The molecule has 0 aromatic heterocycles. The molecule has 0 saturated heterocycles. The number of hydroxylamine groups is 1. The zero-order valence-corrected chi connectivity index (χ0v) is 13.2. The second kappa shape index (κ2) is 7.81. The fraction of sp³-hybridized carbons (Fsp3) is 0.188. The molecule has 1 N–H and O–H groups in total. The van der Waals surface area contributed by atoms with Crippen molar-refractivity contribution in [3.63, 3.8) is 0 Å². The summed E-state index contributed by atoms with van der Waals surface area (Å²) in [5, 5.41) is 0. The van der Waals surface area contributed by atoms with Gasteiger partial charge in [0.2, 0.25) is 0 Å². The molecule has 0 radical (unpaired) electrons. The van der Waals surface area contributed by atoms with Gasteiger partial charge in [0, 0.05) is 10.0 Å². The number of nitrogens with one attached hydrogen (secondary N) is 1. The van der Waals surface area contributed by atoms with E-state index in [-0.39, 0.29) is 5.91 Å². The molecule has 0 aliphatic heterocycles. The summed E-state index contributed by atoms with van der Waals surface area (Å²) in [5.41, 5.74) is 3.82. The van der Waals surface area contributed by atoms with Gasteiger partial charge in [-0.2, -0.15) is 0 Å². The third-order valence-corrected chi connectivity index (χ3v) is 3.56. The van der Waals surface area contributed by atoms with Crippen LogP contribution in [0.2, 0.25) is 0 Å². The normalized spacial score (nSPS) is 10.2. The van der Waals surface area contributed by atoms with Crippen molar-refractivity contribution >= 4 is 21.8 Å². The Kier molecular flexibility index (Phi) is 5.78. The van der Waals surface area contributed by atoms with E-state index in [1.165, 1.54) is 0 Å². The molecule has 5 heteroatoms. The number of para-hydroxylation sites is 1. The van der Waals surface area contributed by atoms with Crippen LogP contribution in [-0.2, 0) is 11.4 Å². The van der Waals surface area contributed by atoms with Crippen molar-refractivity contribution in [3.05, 3.63) is 64.1 Å². The van der Waals surface area contributed by atoms with Gasteiger partial charge in [-0.3, -0.25) is 9.63 Å². The molecule has 2 aromatic rings. The Bertz CT molecular complexity index is 616. The van der Waals surface area contributed by atoms with Crippen LogP contribution in [-0.4, -0.2) is 12.5 Å². The fourth-order valence-electron chi connectivity index (χ4n) is 1.74. The molecule has 0 aliphatic carbocycles. The molecule has 0 bridgehead atoms. The van der Waals surface area contributed by atoms with Crippen LogP contribution in [0.3, 0.4) is 0 Å². The van der Waals surface area contributed by atoms with Crippen LogP contribution >= 0.6 is 15.9 Å². The summed E-state index contributed by atoms with van der Waals surface area (Å²) in [6, 6.07) is 14.9. The Hall–Kier alpha value is -1.85. The molecule has 0 saturated carbocycles. The monoisotopic (exact) mass is 349 g/mol. The zero-order valence-electron chi connectivity index (χ0n) is 11.6. The molecule has 0 fully saturated rings. The minimum Gasteiger partial charge on any atom is -0.488 e. The second-order valence-corrected chi connectivity index (χ2v) is 5.09. The van der Waals surface area contributed by atoms with E-state index in [0.717, 1.165) is 10.0 Å². The minimum absolute atomic E-state index is 0.320. The summed E-state index contributed by atoms with van der Waals surface area (Å²) in [6.07, 6.45) is 0. The van der Waals surface area contributed by atoms with Crippen molar-refractivity contribution in [3.8, 4) is 5.75 Å². The predicted molar refractivity (Wildman–Crippen MR) is 84.0 cm³/mol. The SMILES string of the molecule is CCONC(=O)c1ccccc1OCc1ccccc1Br. The van der Waals surface area contributed by atoms with E-state index in [1.807, 2.05) is 30.3 Å². The number of ether oxygens (including phenoxy) is 1. The average Bonchev–Trinajstić information content (AvgIpc) is 2.52. The van der Waals surface area contributed by atoms with Crippen LogP contribution in [0.1, 0.15) is 22.8 Å². The van der Waals surface area contributed by atoms with Gasteiger partial charge in [-0.05, 0) is 25.1 Å². The molecular weight excluding hydrogens is 334 g/mol. The Morgan fingerprint density at radius 1 is 1.14 bits per heavy atom. The Morgan fingerprint density at radius 3 is 2.62 bits per heavy atom. The van der Waals surface area contributed by atoms with Crippen LogP contribution in [0.15, 0.2) is 53.0 Å². The highest BCUT2D eigenvalue weighted by Gasteiger charge is 2.12. The lowest BCUT2D eigenvalue weighted by molar-refractivity contribution is 0.0361. The van der Waals surface area contributed by atoms with Crippen molar-refractivity contribution in [1.29, 1.82) is 0 Å². The largest absolute Gasteiger partial charge is 0.488 e. The number of rotatable bonds is 6. The van der Waals surface area contributed by atoms with Crippen LogP contribution in [0, 0.1) is 0 Å². The summed E-state index contributed by atoms with van der Waals surface area (Å²) in [4.78, 5) is 16.9. The molecule has 2 aromatic carbocycles. The van der Waals surface area contributed by atoms with E-state index < -0.39 is 0 Å². The van der Waals surface area contributed by atoms with Crippen molar-refractivity contribution < 1.29 is 14.4 Å². The molecule has 1 amide bonds. The third-order valence-electron chi connectivity index (χ3n) is 2.78. The smallest absolute Gasteiger partial charge is 0.278 e. The maximum Gasteiger partial charge on any atom is 0.278 e. The van der Waals surface area contributed by atoms with Gasteiger partial charge in [-0.15, -0.1) is 0 Å². The summed E-state index contributed by atoms with van der Waals surface area (Å²) < 4.78 is 6.73. The molecule has 0 atom stereocenters. The second-order valence-electron chi connectivity index (χ2n) is 4.24. The van der Waals surface area contributed by atoms with Gasteiger partial charge >= 0.3 is 0 Å². The van der Waals surface area contributed by atoms with Gasteiger partial charge in [0.05, 0.1) is 12.2 Å². The first-order chi connectivity index (χ1) is 10.2. The maximum absolute atomic E-state index is 12.0. The lowest BCUT2D eigenvalue weighted by atomic mass is 10.2. The van der Waals surface area contributed by atoms with Crippen LogP contribution < -0.4 is 10.2 Å². The Balaban J connectivity index is 2.10. The van der Waals surface area contributed by atoms with E-state index in [4.69, 9.17) is 9.57 Å². The number of carbonyl (C=O) groups excluding carboxylic acids is 1. The standard InChI is InChI=1S/C16H16BrNO3/c1-2-21-18-16(19)13-8-4-6-10-15(13)20-11-12-7-3-5-9-14(12)17/h3-10H,2,11H2,1H3,(H,18,19). The average molecular weight is 350 g/mol. The van der Waals surface area contributed by atoms with Crippen molar-refractivity contribution in [2.45, 2.75) is 13.5 Å². The highest BCUT2D eigenvalue weighted by Crippen LogP contribution is 2.22. The van der Waals surface area contributed by atoms with Gasteiger partial charge in [-0.25, -0.2) is 5.48 Å². The lowest BCUT2D eigenvalue weighted by Gasteiger charge is -2.12. The van der Waals surface area contributed by atoms with Gasteiger partial charge in [0.25, 0.3) is 5.91 Å². The van der Waals surface area contributed by atoms with Gasteiger partial charge in [0.1, 0.15) is 12.4 Å². The van der Waals surface area contributed by atoms with E-state index in [9.17, 15) is 4.79 Å². The third kappa shape index (κ3) is 4.31. The van der Waals surface area contributed by atoms with E-state index >= 15 is 0 Å². The van der Waals surface area contributed by atoms with Crippen LogP contribution in [0.4, 0.5) is 0 Å². The summed E-state index contributed by atoms with van der Waals surface area (Å²) in [5.74, 6) is 0.199. The molecule has 2 rings (SSSR count). The summed E-state index contributed by atoms with van der Waals surface area (Å²) >= 11 is 3.47. The molecule has 0 spiro atoms. The molecular formula is C16H16BrNO3. The van der Waals surface area contributed by atoms with E-state index in [1.54, 1.807) is 25.1 Å². The highest BCUT2D eigenvalue weighted by atomic mass is 79.9. The van der Waals surface area contributed by atoms with Crippen LogP contribution in [0.5, 0.6) is 5.75 Å². The Morgan fingerprint density at radius 2 is 1.86 bits per heavy atom. The molecule has 0 heterocycles. The summed E-state index contributed by atoms with van der Waals surface area (Å²) in [6.45, 7) is 2.59. The van der Waals surface area contributed by atoms with Crippen molar-refractivity contribution in [1.82, 2.24) is 5.48 Å². The molecule has 0 unspecified atom stereocenters. The Labute approximate surface area is 132 Å². The first-order valence-electron chi connectivity index (χ1n) is 6.59. The minimum atomic E-state index is -0.320. The quantitative estimate of drug-likeness (QED) is 0.808. The van der Waals surface area contributed by atoms with E-state index in [0.29, 0.717) is 24.5 Å². The number of amides is 1. The number of benzene rings is 2. The number of hydrogen-bond acceptors (Lipinski definition) is 3. The number of carbonyl (C=O) groups is 1. The topological polar surface area (TPSA) is 47.6 Å².